The molecule has 0 amide bonds. The van der Waals surface area contributed by atoms with Crippen LogP contribution in [0.4, 0.5) is 11.6 Å². The number of sulfonamides is 1. The molecule has 0 aliphatic rings. The van der Waals surface area contributed by atoms with Crippen molar-refractivity contribution in [3.05, 3.63) is 94.8 Å². The van der Waals surface area contributed by atoms with Crippen LogP contribution in [0.3, 0.4) is 0 Å². The summed E-state index contributed by atoms with van der Waals surface area (Å²) in [5.74, 6) is 0.0427. The average Bonchev–Trinajstić information content (AvgIpc) is 2.81. The Hall–Kier alpha value is -3.88. The van der Waals surface area contributed by atoms with Crippen molar-refractivity contribution in [1.82, 2.24) is 15.0 Å². The predicted molar refractivity (Wildman–Crippen MR) is 140 cm³/mol. The molecule has 0 saturated carbocycles. The highest BCUT2D eigenvalue weighted by Crippen LogP contribution is 2.27. The van der Waals surface area contributed by atoms with Gasteiger partial charge >= 0.3 is 0 Å². The van der Waals surface area contributed by atoms with Crippen molar-refractivity contribution in [1.29, 1.82) is 0 Å². The number of aryl methyl sites for hydroxylation is 2. The highest BCUT2D eigenvalue weighted by molar-refractivity contribution is 7.92. The van der Waals surface area contributed by atoms with E-state index in [1.54, 1.807) is 38.3 Å². The molecular weight excluding hydrogens is 482 g/mol. The van der Waals surface area contributed by atoms with Crippen molar-refractivity contribution in [3.8, 4) is 0 Å². The van der Waals surface area contributed by atoms with Gasteiger partial charge in [-0.05, 0) is 62.4 Å². The van der Waals surface area contributed by atoms with Crippen LogP contribution in [0.2, 0.25) is 5.02 Å². The van der Waals surface area contributed by atoms with E-state index in [4.69, 9.17) is 16.6 Å². The second-order valence-electron chi connectivity index (χ2n) is 8.04. The molecule has 0 fully saturated rings. The summed E-state index contributed by atoms with van der Waals surface area (Å²) < 4.78 is 28.0. The minimum Gasteiger partial charge on any atom is -0.256 e. The van der Waals surface area contributed by atoms with Crippen LogP contribution in [0.15, 0.2) is 82.7 Å². The number of aromatic nitrogens is 3. The van der Waals surface area contributed by atoms with Crippen LogP contribution in [0.5, 0.6) is 0 Å². The average molecular weight is 502 g/mol. The summed E-state index contributed by atoms with van der Waals surface area (Å²) in [6.45, 7) is 3.56. The maximum absolute atomic E-state index is 12.8. The molecular formula is C26H20ClN5O2S. The maximum atomic E-state index is 12.8. The zero-order valence-electron chi connectivity index (χ0n) is 18.9. The molecule has 0 aliphatic carbocycles. The van der Waals surface area contributed by atoms with Gasteiger partial charge in [0.15, 0.2) is 0 Å². The number of rotatable bonds is 5. The van der Waals surface area contributed by atoms with Crippen molar-refractivity contribution in [2.45, 2.75) is 18.7 Å². The number of pyridine rings is 1. The summed E-state index contributed by atoms with van der Waals surface area (Å²) in [6, 6.07) is 21.5. The van der Waals surface area contributed by atoms with Crippen LogP contribution in [-0.2, 0) is 10.0 Å². The van der Waals surface area contributed by atoms with Gasteiger partial charge in [-0.1, -0.05) is 35.9 Å². The van der Waals surface area contributed by atoms with Gasteiger partial charge in [0.25, 0.3) is 10.0 Å². The van der Waals surface area contributed by atoms with Gasteiger partial charge in [0, 0.05) is 39.0 Å². The number of fused-ring (bicyclic) bond motifs is 2. The zero-order chi connectivity index (χ0) is 24.6. The fourth-order valence-corrected chi connectivity index (χ4v) is 4.95. The van der Waals surface area contributed by atoms with Gasteiger partial charge in [0.1, 0.15) is 0 Å². The molecule has 7 nitrogen and oxygen atoms in total. The predicted octanol–water partition coefficient (Wildman–Crippen LogP) is 6.00. The molecule has 0 saturated heterocycles. The van der Waals surface area contributed by atoms with Crippen LogP contribution in [-0.4, -0.2) is 29.6 Å². The smallest absolute Gasteiger partial charge is 0.256 e. The summed E-state index contributed by atoms with van der Waals surface area (Å²) in [7, 11) is -3.84. The Balaban J connectivity index is 1.47. The van der Waals surface area contributed by atoms with Crippen LogP contribution < -0.4 is 4.72 Å². The zero-order valence-corrected chi connectivity index (χ0v) is 20.5. The van der Waals surface area contributed by atoms with Crippen molar-refractivity contribution < 1.29 is 8.42 Å². The van der Waals surface area contributed by atoms with E-state index in [0.717, 1.165) is 27.4 Å². The second kappa shape index (κ2) is 9.05. The number of hydrogen-bond donors (Lipinski definition) is 1. The molecule has 5 rings (SSSR count). The Morgan fingerprint density at radius 1 is 0.829 bits per heavy atom. The Kier molecular flexibility index (Phi) is 5.92. The van der Waals surface area contributed by atoms with E-state index in [1.807, 2.05) is 42.5 Å². The number of hydrogen-bond acceptors (Lipinski definition) is 6. The lowest BCUT2D eigenvalue weighted by atomic mass is 10.0. The van der Waals surface area contributed by atoms with E-state index in [1.165, 1.54) is 12.1 Å². The molecule has 0 unspecified atom stereocenters. The van der Waals surface area contributed by atoms with Gasteiger partial charge in [-0.3, -0.25) is 4.99 Å². The molecule has 2 heterocycles. The van der Waals surface area contributed by atoms with E-state index >= 15 is 0 Å². The lowest BCUT2D eigenvalue weighted by Crippen LogP contribution is -2.15. The number of para-hydroxylation sites is 1. The monoisotopic (exact) mass is 501 g/mol. The van der Waals surface area contributed by atoms with E-state index < -0.39 is 10.0 Å². The number of halogens is 1. The summed E-state index contributed by atoms with van der Waals surface area (Å²) >= 11 is 6.18. The molecule has 5 aromatic rings. The molecule has 0 radical (unpaired) electrons. The maximum Gasteiger partial charge on any atom is 0.264 e. The van der Waals surface area contributed by atoms with E-state index in [0.29, 0.717) is 22.1 Å². The summed E-state index contributed by atoms with van der Waals surface area (Å²) in [5.41, 5.74) is 4.49. The third-order valence-corrected chi connectivity index (χ3v) is 6.96. The molecule has 0 atom stereocenters. The molecule has 0 bridgehead atoms. The first-order valence-electron chi connectivity index (χ1n) is 10.8. The third-order valence-electron chi connectivity index (χ3n) is 5.38. The lowest BCUT2D eigenvalue weighted by Gasteiger charge is -2.09. The largest absolute Gasteiger partial charge is 0.264 e. The Labute approximate surface area is 207 Å². The van der Waals surface area contributed by atoms with Gasteiger partial charge in [0.05, 0.1) is 21.6 Å². The highest BCUT2D eigenvalue weighted by atomic mass is 35.5. The van der Waals surface area contributed by atoms with E-state index in [2.05, 4.69) is 19.7 Å². The van der Waals surface area contributed by atoms with Crippen molar-refractivity contribution >= 4 is 61.3 Å². The molecule has 1 N–H and O–H groups in total. The van der Waals surface area contributed by atoms with Crippen LogP contribution in [0.25, 0.3) is 21.8 Å². The number of benzene rings is 3. The third kappa shape index (κ3) is 4.84. The van der Waals surface area contributed by atoms with Crippen LogP contribution in [0.1, 0.15) is 17.0 Å². The Morgan fingerprint density at radius 2 is 1.51 bits per heavy atom. The van der Waals surface area contributed by atoms with Gasteiger partial charge in [0.2, 0.25) is 5.95 Å². The standard InChI is InChI=1S/C26H20ClN5O2S/c1-16-13-17(2)30-26(29-16)32-35(33,34)20-10-8-19(9-11-20)28-15-23-21-5-3-4-6-24(21)31-25-14-18(27)7-12-22(23)25/h3-15H,1-2H3,(H,29,30,32). The fourth-order valence-electron chi connectivity index (χ4n) is 3.84. The Bertz CT molecular complexity index is 1700. The van der Waals surface area contributed by atoms with Gasteiger partial charge in [-0.2, -0.15) is 0 Å². The molecule has 3 aromatic carbocycles. The molecule has 2 aromatic heterocycles. The second-order valence-corrected chi connectivity index (χ2v) is 10.2. The number of aliphatic imine (C=N–C) groups is 1. The van der Waals surface area contributed by atoms with Crippen LogP contribution in [0, 0.1) is 13.8 Å². The molecule has 0 spiro atoms. The lowest BCUT2D eigenvalue weighted by molar-refractivity contribution is 0.601. The number of nitrogens with zero attached hydrogens (tertiary/aromatic N) is 4. The van der Waals surface area contributed by atoms with Crippen LogP contribution >= 0.6 is 11.6 Å². The van der Waals surface area contributed by atoms with Gasteiger partial charge in [-0.25, -0.2) is 28.1 Å². The molecule has 35 heavy (non-hydrogen) atoms. The molecule has 0 aliphatic heterocycles. The first-order chi connectivity index (χ1) is 16.8. The van der Waals surface area contributed by atoms with Gasteiger partial charge < -0.3 is 0 Å². The Morgan fingerprint density at radius 3 is 2.26 bits per heavy atom. The van der Waals surface area contributed by atoms with Crippen molar-refractivity contribution in [3.63, 3.8) is 0 Å². The highest BCUT2D eigenvalue weighted by Gasteiger charge is 2.16. The summed E-state index contributed by atoms with van der Waals surface area (Å²) in [6.07, 6.45) is 1.77. The summed E-state index contributed by atoms with van der Waals surface area (Å²) in [5, 5.41) is 2.50. The number of nitrogens with one attached hydrogen (secondary N) is 1. The quantitative estimate of drug-likeness (QED) is 0.235. The van der Waals surface area contributed by atoms with Crippen molar-refractivity contribution in [2.24, 2.45) is 4.99 Å². The van der Waals surface area contributed by atoms with E-state index in [9.17, 15) is 8.42 Å². The van der Waals surface area contributed by atoms with E-state index in [-0.39, 0.29) is 10.8 Å². The minimum atomic E-state index is -3.84. The topological polar surface area (TPSA) is 97.2 Å². The minimum absolute atomic E-state index is 0.0427. The molecule has 9 heteroatoms. The normalized spacial score (nSPS) is 12.0. The first-order valence-corrected chi connectivity index (χ1v) is 12.6. The van der Waals surface area contributed by atoms with Gasteiger partial charge in [-0.15, -0.1) is 0 Å². The first kappa shape index (κ1) is 22.9. The van der Waals surface area contributed by atoms with Crippen molar-refractivity contribution in [2.75, 3.05) is 4.72 Å². The fraction of sp³-hybridized carbons (Fsp3) is 0.0769. The summed E-state index contributed by atoms with van der Waals surface area (Å²) in [4.78, 5) is 17.7. The number of anilines is 1. The molecule has 174 valence electrons. The SMILES string of the molecule is Cc1cc(C)nc(NS(=O)(=O)c2ccc(N=Cc3c4ccccc4nc4cc(Cl)ccc34)cc2)n1.